The van der Waals surface area contributed by atoms with E-state index in [-0.39, 0.29) is 5.91 Å². The molecule has 4 heteroatoms. The van der Waals surface area contributed by atoms with E-state index in [1.807, 2.05) is 26.8 Å². The monoisotopic (exact) mass is 221 g/mol. The predicted molar refractivity (Wildman–Crippen MR) is 65.7 cm³/mol. The number of amides is 1. The van der Waals surface area contributed by atoms with Gasteiger partial charge >= 0.3 is 0 Å². The van der Waals surface area contributed by atoms with Crippen LogP contribution < -0.4 is 5.32 Å². The largest absolute Gasteiger partial charge is 0.384 e. The molecule has 1 aromatic heterocycles. The van der Waals surface area contributed by atoms with Crippen LogP contribution >= 0.6 is 0 Å². The SMILES string of the molecule is CCNc1ccc(C(=O)N(CC)CC)nc1. The molecule has 0 radical (unpaired) electrons. The van der Waals surface area contributed by atoms with Crippen molar-refractivity contribution in [2.24, 2.45) is 0 Å². The van der Waals surface area contributed by atoms with Crippen LogP contribution in [-0.2, 0) is 0 Å². The molecule has 1 heterocycles. The van der Waals surface area contributed by atoms with Gasteiger partial charge in [0.05, 0.1) is 11.9 Å². The number of anilines is 1. The second kappa shape index (κ2) is 6.10. The van der Waals surface area contributed by atoms with Gasteiger partial charge in [-0.25, -0.2) is 4.98 Å². The second-order valence-corrected chi connectivity index (χ2v) is 3.44. The van der Waals surface area contributed by atoms with Gasteiger partial charge < -0.3 is 10.2 Å². The zero-order valence-electron chi connectivity index (χ0n) is 10.2. The van der Waals surface area contributed by atoms with Gasteiger partial charge in [-0.1, -0.05) is 0 Å². The fourth-order valence-electron chi connectivity index (χ4n) is 1.50. The summed E-state index contributed by atoms with van der Waals surface area (Å²) in [7, 11) is 0. The molecule has 0 spiro atoms. The van der Waals surface area contributed by atoms with Crippen molar-refractivity contribution in [2.75, 3.05) is 25.0 Å². The average molecular weight is 221 g/mol. The molecular formula is C12H19N3O. The van der Waals surface area contributed by atoms with Crippen LogP contribution in [0.1, 0.15) is 31.3 Å². The Labute approximate surface area is 96.7 Å². The Balaban J connectivity index is 2.76. The van der Waals surface area contributed by atoms with Gasteiger partial charge in [0.1, 0.15) is 5.69 Å². The van der Waals surface area contributed by atoms with Crippen molar-refractivity contribution >= 4 is 11.6 Å². The number of rotatable bonds is 5. The molecule has 0 fully saturated rings. The summed E-state index contributed by atoms with van der Waals surface area (Å²) in [6.07, 6.45) is 1.69. The first-order valence-electron chi connectivity index (χ1n) is 5.72. The van der Waals surface area contributed by atoms with E-state index in [1.165, 1.54) is 0 Å². The van der Waals surface area contributed by atoms with Crippen LogP contribution in [-0.4, -0.2) is 35.4 Å². The van der Waals surface area contributed by atoms with Crippen LogP contribution in [0.15, 0.2) is 18.3 Å². The third kappa shape index (κ3) is 2.95. The number of aromatic nitrogens is 1. The minimum Gasteiger partial charge on any atom is -0.384 e. The Hall–Kier alpha value is -1.58. The standard InChI is InChI=1S/C12H19N3O/c1-4-13-10-7-8-11(14-9-10)12(16)15(5-2)6-3/h7-9,13H,4-6H2,1-3H3. The maximum absolute atomic E-state index is 11.9. The summed E-state index contributed by atoms with van der Waals surface area (Å²) in [5.41, 5.74) is 1.45. The summed E-state index contributed by atoms with van der Waals surface area (Å²) in [5, 5.41) is 3.14. The van der Waals surface area contributed by atoms with E-state index in [9.17, 15) is 4.79 Å². The van der Waals surface area contributed by atoms with Gasteiger partial charge in [0.25, 0.3) is 5.91 Å². The van der Waals surface area contributed by atoms with E-state index in [2.05, 4.69) is 10.3 Å². The highest BCUT2D eigenvalue weighted by atomic mass is 16.2. The van der Waals surface area contributed by atoms with Crippen molar-refractivity contribution in [3.05, 3.63) is 24.0 Å². The van der Waals surface area contributed by atoms with Crippen molar-refractivity contribution in [2.45, 2.75) is 20.8 Å². The molecule has 0 atom stereocenters. The van der Waals surface area contributed by atoms with Gasteiger partial charge in [0.15, 0.2) is 0 Å². The number of carbonyl (C=O) groups excluding carboxylic acids is 1. The number of pyridine rings is 1. The molecule has 0 aliphatic heterocycles. The Morgan fingerprint density at radius 3 is 2.44 bits per heavy atom. The summed E-state index contributed by atoms with van der Waals surface area (Å²) in [5.74, 6) is -0.00644. The van der Waals surface area contributed by atoms with Crippen molar-refractivity contribution in [1.82, 2.24) is 9.88 Å². The molecule has 0 saturated heterocycles. The quantitative estimate of drug-likeness (QED) is 0.827. The molecule has 4 nitrogen and oxygen atoms in total. The van der Waals surface area contributed by atoms with Crippen LogP contribution in [0, 0.1) is 0 Å². The minimum absolute atomic E-state index is 0.00644. The van der Waals surface area contributed by atoms with Gasteiger partial charge in [0.2, 0.25) is 0 Å². The van der Waals surface area contributed by atoms with Crippen molar-refractivity contribution in [3.8, 4) is 0 Å². The van der Waals surface area contributed by atoms with Crippen LogP contribution in [0.5, 0.6) is 0 Å². The van der Waals surface area contributed by atoms with E-state index >= 15 is 0 Å². The zero-order chi connectivity index (χ0) is 12.0. The summed E-state index contributed by atoms with van der Waals surface area (Å²) >= 11 is 0. The van der Waals surface area contributed by atoms with Gasteiger partial charge in [-0.2, -0.15) is 0 Å². The number of hydrogen-bond donors (Lipinski definition) is 1. The number of nitrogens with one attached hydrogen (secondary N) is 1. The topological polar surface area (TPSA) is 45.2 Å². The van der Waals surface area contributed by atoms with Crippen molar-refractivity contribution < 1.29 is 4.79 Å². The Kier molecular flexibility index (Phi) is 4.76. The van der Waals surface area contributed by atoms with Gasteiger partial charge in [-0.15, -0.1) is 0 Å². The normalized spacial score (nSPS) is 9.94. The molecule has 0 unspecified atom stereocenters. The van der Waals surface area contributed by atoms with Crippen LogP contribution in [0.25, 0.3) is 0 Å². The first-order chi connectivity index (χ1) is 7.72. The summed E-state index contributed by atoms with van der Waals surface area (Å²) in [6, 6.07) is 3.64. The number of hydrogen-bond acceptors (Lipinski definition) is 3. The Morgan fingerprint density at radius 2 is 2.00 bits per heavy atom. The highest BCUT2D eigenvalue weighted by Crippen LogP contribution is 2.07. The predicted octanol–water partition coefficient (Wildman–Crippen LogP) is 2.00. The Morgan fingerprint density at radius 1 is 1.31 bits per heavy atom. The highest BCUT2D eigenvalue weighted by Gasteiger charge is 2.13. The van der Waals surface area contributed by atoms with E-state index in [0.29, 0.717) is 18.8 Å². The molecule has 88 valence electrons. The molecule has 1 N–H and O–H groups in total. The molecule has 0 aromatic carbocycles. The highest BCUT2D eigenvalue weighted by molar-refractivity contribution is 5.92. The zero-order valence-corrected chi connectivity index (χ0v) is 10.2. The third-order valence-electron chi connectivity index (χ3n) is 2.41. The molecular weight excluding hydrogens is 202 g/mol. The maximum atomic E-state index is 11.9. The van der Waals surface area contributed by atoms with Crippen molar-refractivity contribution in [3.63, 3.8) is 0 Å². The van der Waals surface area contributed by atoms with Crippen LogP contribution in [0.3, 0.4) is 0 Å². The summed E-state index contributed by atoms with van der Waals surface area (Å²) in [6.45, 7) is 8.24. The third-order valence-corrected chi connectivity index (χ3v) is 2.41. The summed E-state index contributed by atoms with van der Waals surface area (Å²) < 4.78 is 0. The van der Waals surface area contributed by atoms with E-state index in [1.54, 1.807) is 17.2 Å². The molecule has 0 bridgehead atoms. The molecule has 0 saturated carbocycles. The number of nitrogens with zero attached hydrogens (tertiary/aromatic N) is 2. The first-order valence-corrected chi connectivity index (χ1v) is 5.72. The molecule has 1 aromatic rings. The lowest BCUT2D eigenvalue weighted by Gasteiger charge is -2.17. The lowest BCUT2D eigenvalue weighted by Crippen LogP contribution is -2.31. The lowest BCUT2D eigenvalue weighted by atomic mass is 10.3. The fraction of sp³-hybridized carbons (Fsp3) is 0.500. The molecule has 0 aliphatic carbocycles. The minimum atomic E-state index is -0.00644. The smallest absolute Gasteiger partial charge is 0.272 e. The van der Waals surface area contributed by atoms with E-state index < -0.39 is 0 Å². The molecule has 0 aliphatic rings. The van der Waals surface area contributed by atoms with Crippen molar-refractivity contribution in [1.29, 1.82) is 0 Å². The van der Waals surface area contributed by atoms with Crippen LogP contribution in [0.2, 0.25) is 0 Å². The number of carbonyl (C=O) groups is 1. The first kappa shape index (κ1) is 12.5. The second-order valence-electron chi connectivity index (χ2n) is 3.44. The van der Waals surface area contributed by atoms with Gasteiger partial charge in [0, 0.05) is 19.6 Å². The maximum Gasteiger partial charge on any atom is 0.272 e. The molecule has 1 amide bonds. The average Bonchev–Trinajstić information content (AvgIpc) is 2.32. The van der Waals surface area contributed by atoms with Crippen LogP contribution in [0.4, 0.5) is 5.69 Å². The summed E-state index contributed by atoms with van der Waals surface area (Å²) in [4.78, 5) is 17.8. The Bertz CT molecular complexity index is 331. The molecule has 16 heavy (non-hydrogen) atoms. The molecule has 1 rings (SSSR count). The van der Waals surface area contributed by atoms with E-state index in [0.717, 1.165) is 12.2 Å². The van der Waals surface area contributed by atoms with Gasteiger partial charge in [-0.05, 0) is 32.9 Å². The lowest BCUT2D eigenvalue weighted by molar-refractivity contribution is 0.0767. The van der Waals surface area contributed by atoms with Gasteiger partial charge in [-0.3, -0.25) is 4.79 Å². The van der Waals surface area contributed by atoms with E-state index in [4.69, 9.17) is 0 Å². The fourth-order valence-corrected chi connectivity index (χ4v) is 1.50.